The zero-order valence-corrected chi connectivity index (χ0v) is 11.8. The standard InChI is InChI=1S/C16H30/c1-5-8-11-16-14(7-3)10-9-12-15(16)13(4)6-2/h14,16H,5-12H2,1-4H3/b15-13+. The highest BCUT2D eigenvalue weighted by atomic mass is 14.3. The molecule has 0 aromatic rings. The van der Waals surface area contributed by atoms with Crippen molar-refractivity contribution in [3.05, 3.63) is 11.1 Å². The van der Waals surface area contributed by atoms with E-state index in [1.54, 1.807) is 5.57 Å². The largest absolute Gasteiger partial charge is 0.0741 e. The maximum Gasteiger partial charge on any atom is -0.0172 e. The summed E-state index contributed by atoms with van der Waals surface area (Å²) in [6.07, 6.45) is 11.2. The van der Waals surface area contributed by atoms with Gasteiger partial charge in [-0.1, -0.05) is 51.2 Å². The quantitative estimate of drug-likeness (QED) is 0.521. The summed E-state index contributed by atoms with van der Waals surface area (Å²) in [6.45, 7) is 9.38. The number of hydrogen-bond acceptors (Lipinski definition) is 0. The summed E-state index contributed by atoms with van der Waals surface area (Å²) in [6, 6.07) is 0. The summed E-state index contributed by atoms with van der Waals surface area (Å²) in [4.78, 5) is 0. The van der Waals surface area contributed by atoms with Gasteiger partial charge in [0.1, 0.15) is 0 Å². The Balaban J connectivity index is 2.78. The molecule has 0 aliphatic heterocycles. The summed E-state index contributed by atoms with van der Waals surface area (Å²) in [5.41, 5.74) is 3.54. The van der Waals surface area contributed by atoms with E-state index in [0.717, 1.165) is 11.8 Å². The Morgan fingerprint density at radius 2 is 2.00 bits per heavy atom. The lowest BCUT2D eigenvalue weighted by atomic mass is 9.71. The van der Waals surface area contributed by atoms with Crippen molar-refractivity contribution in [1.29, 1.82) is 0 Å². The van der Waals surface area contributed by atoms with Crippen molar-refractivity contribution in [1.82, 2.24) is 0 Å². The highest BCUT2D eigenvalue weighted by Crippen LogP contribution is 2.41. The van der Waals surface area contributed by atoms with E-state index in [9.17, 15) is 0 Å². The van der Waals surface area contributed by atoms with Crippen molar-refractivity contribution in [2.24, 2.45) is 11.8 Å². The summed E-state index contributed by atoms with van der Waals surface area (Å²) < 4.78 is 0. The Morgan fingerprint density at radius 3 is 2.56 bits per heavy atom. The Kier molecular flexibility index (Phi) is 6.16. The lowest BCUT2D eigenvalue weighted by Crippen LogP contribution is -2.22. The molecule has 0 aromatic heterocycles. The third-order valence-electron chi connectivity index (χ3n) is 4.51. The highest BCUT2D eigenvalue weighted by molar-refractivity contribution is 5.18. The van der Waals surface area contributed by atoms with Gasteiger partial charge in [0.2, 0.25) is 0 Å². The predicted octanol–water partition coefficient (Wildman–Crippen LogP) is 5.73. The summed E-state index contributed by atoms with van der Waals surface area (Å²) in [5.74, 6) is 1.91. The number of hydrogen-bond donors (Lipinski definition) is 0. The van der Waals surface area contributed by atoms with Crippen LogP contribution in [0.3, 0.4) is 0 Å². The van der Waals surface area contributed by atoms with Crippen LogP contribution >= 0.6 is 0 Å². The Hall–Kier alpha value is -0.260. The lowest BCUT2D eigenvalue weighted by Gasteiger charge is -2.35. The molecule has 1 saturated carbocycles. The van der Waals surface area contributed by atoms with Crippen molar-refractivity contribution in [2.45, 2.75) is 79.1 Å². The molecule has 94 valence electrons. The van der Waals surface area contributed by atoms with E-state index in [-0.39, 0.29) is 0 Å². The molecule has 0 heteroatoms. The second-order valence-electron chi connectivity index (χ2n) is 5.47. The maximum atomic E-state index is 2.38. The minimum atomic E-state index is 0.929. The van der Waals surface area contributed by atoms with Gasteiger partial charge in [-0.05, 0) is 50.9 Å². The minimum Gasteiger partial charge on any atom is -0.0741 e. The van der Waals surface area contributed by atoms with Gasteiger partial charge in [0, 0.05) is 0 Å². The molecule has 0 aromatic carbocycles. The molecule has 0 spiro atoms. The molecule has 2 atom stereocenters. The van der Waals surface area contributed by atoms with E-state index in [0.29, 0.717) is 0 Å². The van der Waals surface area contributed by atoms with Gasteiger partial charge >= 0.3 is 0 Å². The molecule has 0 heterocycles. The normalized spacial score (nSPS) is 29.2. The first kappa shape index (κ1) is 13.8. The van der Waals surface area contributed by atoms with Crippen LogP contribution in [0.2, 0.25) is 0 Å². The van der Waals surface area contributed by atoms with Gasteiger partial charge in [0.15, 0.2) is 0 Å². The molecular weight excluding hydrogens is 192 g/mol. The molecule has 1 aliphatic rings. The molecule has 0 N–H and O–H groups in total. The average Bonchev–Trinajstić information content (AvgIpc) is 2.34. The lowest BCUT2D eigenvalue weighted by molar-refractivity contribution is 0.273. The fraction of sp³-hybridized carbons (Fsp3) is 0.875. The van der Waals surface area contributed by atoms with Gasteiger partial charge in [0.05, 0.1) is 0 Å². The van der Waals surface area contributed by atoms with Gasteiger partial charge in [-0.15, -0.1) is 0 Å². The molecule has 16 heavy (non-hydrogen) atoms. The van der Waals surface area contributed by atoms with Crippen LogP contribution in [0.4, 0.5) is 0 Å². The second kappa shape index (κ2) is 7.14. The van der Waals surface area contributed by atoms with Crippen LogP contribution in [0.1, 0.15) is 79.1 Å². The van der Waals surface area contributed by atoms with E-state index in [1.165, 1.54) is 51.4 Å². The van der Waals surface area contributed by atoms with Gasteiger partial charge in [-0.2, -0.15) is 0 Å². The SMILES string of the molecule is CCCCC1/C(=C(\C)CC)CCCC1CC. The summed E-state index contributed by atoms with van der Waals surface area (Å²) in [7, 11) is 0. The molecule has 0 radical (unpaired) electrons. The summed E-state index contributed by atoms with van der Waals surface area (Å²) >= 11 is 0. The van der Waals surface area contributed by atoms with Crippen LogP contribution < -0.4 is 0 Å². The zero-order valence-electron chi connectivity index (χ0n) is 11.8. The maximum absolute atomic E-state index is 2.38. The molecule has 0 amide bonds. The van der Waals surface area contributed by atoms with Gasteiger partial charge in [0.25, 0.3) is 0 Å². The Morgan fingerprint density at radius 1 is 1.25 bits per heavy atom. The third-order valence-corrected chi connectivity index (χ3v) is 4.51. The predicted molar refractivity (Wildman–Crippen MR) is 73.6 cm³/mol. The van der Waals surface area contributed by atoms with Gasteiger partial charge < -0.3 is 0 Å². The van der Waals surface area contributed by atoms with E-state index >= 15 is 0 Å². The first-order valence-electron chi connectivity index (χ1n) is 7.43. The molecule has 1 fully saturated rings. The zero-order chi connectivity index (χ0) is 12.0. The van der Waals surface area contributed by atoms with Crippen LogP contribution in [0.25, 0.3) is 0 Å². The first-order chi connectivity index (χ1) is 7.74. The minimum absolute atomic E-state index is 0.929. The van der Waals surface area contributed by atoms with Crippen molar-refractivity contribution >= 4 is 0 Å². The van der Waals surface area contributed by atoms with Crippen LogP contribution in [0, 0.1) is 11.8 Å². The van der Waals surface area contributed by atoms with Gasteiger partial charge in [-0.25, -0.2) is 0 Å². The van der Waals surface area contributed by atoms with E-state index < -0.39 is 0 Å². The van der Waals surface area contributed by atoms with Crippen molar-refractivity contribution in [3.63, 3.8) is 0 Å². The van der Waals surface area contributed by atoms with E-state index in [4.69, 9.17) is 0 Å². The van der Waals surface area contributed by atoms with Crippen LogP contribution in [-0.2, 0) is 0 Å². The molecule has 0 saturated heterocycles. The molecule has 2 unspecified atom stereocenters. The number of unbranched alkanes of at least 4 members (excludes halogenated alkanes) is 1. The van der Waals surface area contributed by atoms with Crippen LogP contribution in [0.5, 0.6) is 0 Å². The van der Waals surface area contributed by atoms with Crippen molar-refractivity contribution in [2.75, 3.05) is 0 Å². The Bertz CT molecular complexity index is 224. The second-order valence-corrected chi connectivity index (χ2v) is 5.47. The Labute approximate surface area is 103 Å². The fourth-order valence-electron chi connectivity index (χ4n) is 3.31. The van der Waals surface area contributed by atoms with Crippen LogP contribution in [0.15, 0.2) is 11.1 Å². The fourth-order valence-corrected chi connectivity index (χ4v) is 3.31. The smallest absolute Gasteiger partial charge is 0.0172 e. The average molecular weight is 222 g/mol. The van der Waals surface area contributed by atoms with E-state index in [2.05, 4.69) is 27.7 Å². The van der Waals surface area contributed by atoms with Crippen molar-refractivity contribution in [3.8, 4) is 0 Å². The first-order valence-corrected chi connectivity index (χ1v) is 7.43. The molecule has 0 bridgehead atoms. The third kappa shape index (κ3) is 3.37. The monoisotopic (exact) mass is 222 g/mol. The van der Waals surface area contributed by atoms with Gasteiger partial charge in [-0.3, -0.25) is 0 Å². The van der Waals surface area contributed by atoms with Crippen molar-refractivity contribution < 1.29 is 0 Å². The number of allylic oxidation sites excluding steroid dienone is 2. The molecule has 1 rings (SSSR count). The summed E-state index contributed by atoms with van der Waals surface area (Å²) in [5, 5.41) is 0. The number of rotatable bonds is 5. The topological polar surface area (TPSA) is 0 Å². The molecule has 0 nitrogen and oxygen atoms in total. The van der Waals surface area contributed by atoms with Crippen LogP contribution in [-0.4, -0.2) is 0 Å². The van der Waals surface area contributed by atoms with E-state index in [1.807, 2.05) is 5.57 Å². The highest BCUT2D eigenvalue weighted by Gasteiger charge is 2.27. The molecular formula is C16H30. The molecule has 1 aliphatic carbocycles.